The monoisotopic (exact) mass is 251 g/mol. The van der Waals surface area contributed by atoms with Crippen LogP contribution < -0.4 is 0 Å². The molecular weight excluding hydrogens is 234 g/mol. The van der Waals surface area contributed by atoms with E-state index >= 15 is 0 Å². The molecule has 1 aliphatic rings. The molecule has 17 heavy (non-hydrogen) atoms. The first-order valence-corrected chi connectivity index (χ1v) is 6.98. The predicted octanol–water partition coefficient (Wildman–Crippen LogP) is 2.27. The van der Waals surface area contributed by atoms with Gasteiger partial charge in [-0.3, -0.25) is 4.79 Å². The van der Waals surface area contributed by atoms with Gasteiger partial charge in [0.25, 0.3) is 5.91 Å². The molecular formula is C13H17NO2S. The highest BCUT2D eigenvalue weighted by atomic mass is 32.2. The molecule has 0 radical (unpaired) electrons. The molecule has 1 aromatic carbocycles. The average molecular weight is 251 g/mol. The van der Waals surface area contributed by atoms with E-state index < -0.39 is 0 Å². The molecule has 4 heteroatoms. The Hall–Kier alpha value is -1.00. The maximum absolute atomic E-state index is 12.4. The summed E-state index contributed by atoms with van der Waals surface area (Å²) in [4.78, 5) is 15.3. The number of morpholine rings is 1. The lowest BCUT2D eigenvalue weighted by Gasteiger charge is -2.31. The van der Waals surface area contributed by atoms with E-state index in [0.717, 1.165) is 10.5 Å². The zero-order valence-corrected chi connectivity index (χ0v) is 11.0. The summed E-state index contributed by atoms with van der Waals surface area (Å²) in [6.07, 6.45) is 2.13. The molecule has 1 saturated heterocycles. The van der Waals surface area contributed by atoms with Crippen molar-refractivity contribution < 1.29 is 9.53 Å². The maximum Gasteiger partial charge on any atom is 0.255 e. The second-order valence-corrected chi connectivity index (χ2v) is 4.98. The third-order valence-electron chi connectivity index (χ3n) is 2.87. The van der Waals surface area contributed by atoms with Crippen molar-refractivity contribution in [1.29, 1.82) is 0 Å². The smallest absolute Gasteiger partial charge is 0.255 e. The van der Waals surface area contributed by atoms with Crippen molar-refractivity contribution in [1.82, 2.24) is 4.90 Å². The van der Waals surface area contributed by atoms with Gasteiger partial charge in [-0.25, -0.2) is 0 Å². The summed E-state index contributed by atoms with van der Waals surface area (Å²) in [5, 5.41) is 0. The van der Waals surface area contributed by atoms with Crippen molar-refractivity contribution in [2.45, 2.75) is 17.9 Å². The number of carbonyl (C=O) groups is 1. The molecule has 1 heterocycles. The number of hydrogen-bond donors (Lipinski definition) is 0. The van der Waals surface area contributed by atoms with Crippen molar-refractivity contribution >= 4 is 17.7 Å². The van der Waals surface area contributed by atoms with Crippen LogP contribution in [0, 0.1) is 0 Å². The Morgan fingerprint density at radius 2 is 2.24 bits per heavy atom. The summed E-state index contributed by atoms with van der Waals surface area (Å²) in [5.74, 6) is 0.116. The van der Waals surface area contributed by atoms with Crippen LogP contribution in [-0.2, 0) is 4.74 Å². The number of hydrogen-bond acceptors (Lipinski definition) is 3. The van der Waals surface area contributed by atoms with Crippen molar-refractivity contribution in [2.24, 2.45) is 0 Å². The Balaban J connectivity index is 2.18. The molecule has 0 saturated carbocycles. The second-order valence-electron chi connectivity index (χ2n) is 4.13. The number of rotatable bonds is 2. The molecule has 0 aliphatic carbocycles. The van der Waals surface area contributed by atoms with Gasteiger partial charge in [-0.1, -0.05) is 12.1 Å². The summed E-state index contributed by atoms with van der Waals surface area (Å²) >= 11 is 1.61. The maximum atomic E-state index is 12.4. The number of ether oxygens (including phenoxy) is 1. The molecule has 0 aromatic heterocycles. The van der Waals surface area contributed by atoms with Gasteiger partial charge in [0, 0.05) is 18.0 Å². The number of amides is 1. The van der Waals surface area contributed by atoms with Gasteiger partial charge in [-0.15, -0.1) is 11.8 Å². The number of benzene rings is 1. The van der Waals surface area contributed by atoms with E-state index in [4.69, 9.17) is 4.74 Å². The van der Waals surface area contributed by atoms with E-state index in [1.165, 1.54) is 0 Å². The fourth-order valence-electron chi connectivity index (χ4n) is 1.99. The fraction of sp³-hybridized carbons (Fsp3) is 0.462. The Bertz CT molecular complexity index is 408. The molecule has 2 rings (SSSR count). The molecule has 0 N–H and O–H groups in total. The van der Waals surface area contributed by atoms with Crippen molar-refractivity contribution in [3.63, 3.8) is 0 Å². The molecule has 1 fully saturated rings. The van der Waals surface area contributed by atoms with E-state index in [1.807, 2.05) is 42.3 Å². The van der Waals surface area contributed by atoms with Crippen LogP contribution in [0.1, 0.15) is 17.3 Å². The van der Waals surface area contributed by atoms with Crippen LogP contribution in [0.4, 0.5) is 0 Å². The van der Waals surface area contributed by atoms with Gasteiger partial charge >= 0.3 is 0 Å². The molecule has 1 unspecified atom stereocenters. The van der Waals surface area contributed by atoms with Crippen molar-refractivity contribution in [3.05, 3.63) is 29.8 Å². The normalized spacial score (nSPS) is 20.4. The lowest BCUT2D eigenvalue weighted by molar-refractivity contribution is -0.0125. The minimum atomic E-state index is 0.116. The lowest BCUT2D eigenvalue weighted by Crippen LogP contribution is -2.44. The second kappa shape index (κ2) is 5.56. The van der Waals surface area contributed by atoms with Crippen LogP contribution in [0.3, 0.4) is 0 Å². The molecule has 1 aliphatic heterocycles. The topological polar surface area (TPSA) is 29.5 Å². The molecule has 1 aromatic rings. The summed E-state index contributed by atoms with van der Waals surface area (Å²) < 4.78 is 5.45. The number of nitrogens with zero attached hydrogens (tertiary/aromatic N) is 1. The Kier molecular flexibility index (Phi) is 4.07. The van der Waals surface area contributed by atoms with Crippen molar-refractivity contribution in [3.8, 4) is 0 Å². The number of carbonyl (C=O) groups excluding carboxylic acids is 1. The van der Waals surface area contributed by atoms with Gasteiger partial charge in [0.05, 0.1) is 18.3 Å². The summed E-state index contributed by atoms with van der Waals surface area (Å²) in [7, 11) is 0. The number of thioether (sulfide) groups is 1. The minimum Gasteiger partial charge on any atom is -0.375 e. The predicted molar refractivity (Wildman–Crippen MR) is 69.5 cm³/mol. The summed E-state index contributed by atoms with van der Waals surface area (Å²) in [6.45, 7) is 4.00. The van der Waals surface area contributed by atoms with E-state index in [9.17, 15) is 4.79 Å². The molecule has 0 bridgehead atoms. The first-order chi connectivity index (χ1) is 8.22. The molecule has 1 amide bonds. The molecule has 0 spiro atoms. The van der Waals surface area contributed by atoms with Gasteiger partial charge < -0.3 is 9.64 Å². The zero-order valence-electron chi connectivity index (χ0n) is 10.2. The lowest BCUT2D eigenvalue weighted by atomic mass is 10.2. The van der Waals surface area contributed by atoms with E-state index in [-0.39, 0.29) is 12.0 Å². The van der Waals surface area contributed by atoms with Gasteiger partial charge in [-0.2, -0.15) is 0 Å². The minimum absolute atomic E-state index is 0.116. The zero-order chi connectivity index (χ0) is 12.3. The Labute approximate surface area is 106 Å². The van der Waals surface area contributed by atoms with E-state index in [2.05, 4.69) is 0 Å². The van der Waals surface area contributed by atoms with Crippen molar-refractivity contribution in [2.75, 3.05) is 26.0 Å². The van der Waals surface area contributed by atoms with Gasteiger partial charge in [0.15, 0.2) is 0 Å². The largest absolute Gasteiger partial charge is 0.375 e. The third-order valence-corrected chi connectivity index (χ3v) is 3.66. The van der Waals surface area contributed by atoms with Crippen LogP contribution in [0.5, 0.6) is 0 Å². The average Bonchev–Trinajstić information content (AvgIpc) is 2.38. The Morgan fingerprint density at radius 1 is 1.47 bits per heavy atom. The molecule has 1 atom stereocenters. The van der Waals surface area contributed by atoms with E-state index in [1.54, 1.807) is 11.8 Å². The van der Waals surface area contributed by atoms with Crippen LogP contribution in [0.15, 0.2) is 29.2 Å². The standard InChI is InChI=1S/C13H17NO2S/c1-10-9-14(7-8-16-10)13(15)11-5-3-4-6-12(11)17-2/h3-6,10H,7-9H2,1-2H3. The van der Waals surface area contributed by atoms with Crippen LogP contribution >= 0.6 is 11.8 Å². The van der Waals surface area contributed by atoms with Gasteiger partial charge in [0.1, 0.15) is 0 Å². The van der Waals surface area contributed by atoms with Gasteiger partial charge in [-0.05, 0) is 25.3 Å². The first kappa shape index (κ1) is 12.5. The SMILES string of the molecule is CSc1ccccc1C(=O)N1CCOC(C)C1. The van der Waals surface area contributed by atoms with Crippen LogP contribution in [0.25, 0.3) is 0 Å². The van der Waals surface area contributed by atoms with Crippen LogP contribution in [0.2, 0.25) is 0 Å². The van der Waals surface area contributed by atoms with E-state index in [0.29, 0.717) is 19.7 Å². The highest BCUT2D eigenvalue weighted by molar-refractivity contribution is 7.98. The highest BCUT2D eigenvalue weighted by Crippen LogP contribution is 2.22. The fourth-order valence-corrected chi connectivity index (χ4v) is 2.58. The summed E-state index contributed by atoms with van der Waals surface area (Å²) in [5.41, 5.74) is 0.800. The first-order valence-electron chi connectivity index (χ1n) is 5.76. The quantitative estimate of drug-likeness (QED) is 0.755. The third kappa shape index (κ3) is 2.82. The molecule has 92 valence electrons. The van der Waals surface area contributed by atoms with Gasteiger partial charge in [0.2, 0.25) is 0 Å². The Morgan fingerprint density at radius 3 is 2.94 bits per heavy atom. The van der Waals surface area contributed by atoms with Crippen LogP contribution in [-0.4, -0.2) is 42.9 Å². The summed E-state index contributed by atoms with van der Waals surface area (Å²) in [6, 6.07) is 7.76. The highest BCUT2D eigenvalue weighted by Gasteiger charge is 2.23. The molecule has 3 nitrogen and oxygen atoms in total.